The van der Waals surface area contributed by atoms with E-state index in [2.05, 4.69) is 5.10 Å². The number of nitrogens with zero attached hydrogens (tertiary/aromatic N) is 2. The molecule has 0 saturated carbocycles. The second-order valence-corrected chi connectivity index (χ2v) is 4.94. The summed E-state index contributed by atoms with van der Waals surface area (Å²) in [6.07, 6.45) is -2.70. The van der Waals surface area contributed by atoms with Crippen molar-refractivity contribution in [2.24, 2.45) is 5.73 Å². The van der Waals surface area contributed by atoms with Gasteiger partial charge >= 0.3 is 6.18 Å². The van der Waals surface area contributed by atoms with E-state index in [1.165, 1.54) is 4.68 Å². The highest BCUT2D eigenvalue weighted by Gasteiger charge is 2.33. The van der Waals surface area contributed by atoms with Gasteiger partial charge in [-0.15, -0.1) is 0 Å². The lowest BCUT2D eigenvalue weighted by Crippen LogP contribution is -2.30. The maximum absolute atomic E-state index is 12.6. The summed E-state index contributed by atoms with van der Waals surface area (Å²) in [4.78, 5) is 0. The molecule has 0 fully saturated rings. The van der Waals surface area contributed by atoms with E-state index in [4.69, 9.17) is 17.3 Å². The predicted molar refractivity (Wildman–Crippen MR) is 70.5 cm³/mol. The smallest absolute Gasteiger partial charge is 0.326 e. The van der Waals surface area contributed by atoms with Gasteiger partial charge in [-0.1, -0.05) is 29.8 Å². The van der Waals surface area contributed by atoms with E-state index in [1.807, 2.05) is 0 Å². The predicted octanol–water partition coefficient (Wildman–Crippen LogP) is 3.49. The monoisotopic (exact) mass is 303 g/mol. The van der Waals surface area contributed by atoms with E-state index >= 15 is 0 Å². The Bertz CT molecular complexity index is 593. The number of rotatable bonds is 3. The van der Waals surface area contributed by atoms with Gasteiger partial charge in [0.25, 0.3) is 0 Å². The van der Waals surface area contributed by atoms with Crippen LogP contribution in [0.3, 0.4) is 0 Å². The Morgan fingerprint density at radius 2 is 1.95 bits per heavy atom. The molecule has 20 heavy (non-hydrogen) atoms. The van der Waals surface area contributed by atoms with Crippen molar-refractivity contribution in [1.29, 1.82) is 0 Å². The minimum Gasteiger partial charge on any atom is -0.326 e. The topological polar surface area (TPSA) is 43.8 Å². The lowest BCUT2D eigenvalue weighted by Gasteiger charge is -2.22. The van der Waals surface area contributed by atoms with E-state index in [-0.39, 0.29) is 0 Å². The molecule has 0 amide bonds. The Morgan fingerprint density at radius 3 is 2.45 bits per heavy atom. The van der Waals surface area contributed by atoms with Crippen molar-refractivity contribution in [3.63, 3.8) is 0 Å². The van der Waals surface area contributed by atoms with Gasteiger partial charge in [0.2, 0.25) is 0 Å². The summed E-state index contributed by atoms with van der Waals surface area (Å²) in [5.74, 6) is 0. The number of benzene rings is 1. The Hall–Kier alpha value is -1.53. The van der Waals surface area contributed by atoms with Crippen LogP contribution in [-0.2, 0) is 6.18 Å². The molecule has 7 heteroatoms. The van der Waals surface area contributed by atoms with Crippen LogP contribution >= 0.6 is 11.6 Å². The zero-order valence-corrected chi connectivity index (χ0v) is 11.4. The number of halogens is 4. The molecule has 0 spiro atoms. The average molecular weight is 304 g/mol. The van der Waals surface area contributed by atoms with Gasteiger partial charge in [0.05, 0.1) is 17.8 Å². The normalized spacial score (nSPS) is 15.1. The van der Waals surface area contributed by atoms with Gasteiger partial charge in [-0.25, -0.2) is 0 Å². The molecule has 0 bridgehead atoms. The summed E-state index contributed by atoms with van der Waals surface area (Å²) in [6.45, 7) is 1.70. The first-order valence-corrected chi connectivity index (χ1v) is 6.30. The summed E-state index contributed by atoms with van der Waals surface area (Å²) < 4.78 is 39.1. The van der Waals surface area contributed by atoms with Gasteiger partial charge in [0.15, 0.2) is 0 Å². The summed E-state index contributed by atoms with van der Waals surface area (Å²) in [7, 11) is 0. The number of alkyl halides is 3. The molecular weight excluding hydrogens is 291 g/mol. The first-order valence-electron chi connectivity index (χ1n) is 5.92. The maximum Gasteiger partial charge on any atom is 0.419 e. The van der Waals surface area contributed by atoms with Crippen molar-refractivity contribution in [2.45, 2.75) is 25.2 Å². The standard InChI is InChI=1S/C13H13ClF3N3/c1-8(18)12(10-4-2-3-5-11(10)14)20-7-9(6-19-20)13(15,16)17/h2-8,12H,18H2,1H3. The molecular formula is C13H13ClF3N3. The van der Waals surface area contributed by atoms with Gasteiger partial charge in [-0.2, -0.15) is 18.3 Å². The Kier molecular flexibility index (Phi) is 4.06. The highest BCUT2D eigenvalue weighted by Crippen LogP contribution is 2.32. The molecule has 0 radical (unpaired) electrons. The Labute approximate surface area is 119 Å². The molecule has 1 aromatic carbocycles. The molecule has 2 rings (SSSR count). The molecule has 1 heterocycles. The second-order valence-electron chi connectivity index (χ2n) is 4.53. The fraction of sp³-hybridized carbons (Fsp3) is 0.308. The number of hydrogen-bond acceptors (Lipinski definition) is 2. The molecule has 0 saturated heterocycles. The van der Waals surface area contributed by atoms with Crippen molar-refractivity contribution in [3.8, 4) is 0 Å². The molecule has 1 aromatic heterocycles. The fourth-order valence-electron chi connectivity index (χ4n) is 2.02. The maximum atomic E-state index is 12.6. The van der Waals surface area contributed by atoms with Gasteiger partial charge < -0.3 is 5.73 Å². The summed E-state index contributed by atoms with van der Waals surface area (Å²) in [5, 5.41) is 4.22. The van der Waals surface area contributed by atoms with Crippen molar-refractivity contribution in [2.75, 3.05) is 0 Å². The van der Waals surface area contributed by atoms with Gasteiger partial charge in [-0.05, 0) is 18.6 Å². The van der Waals surface area contributed by atoms with Crippen LogP contribution in [0, 0.1) is 0 Å². The minimum absolute atomic E-state index is 0.443. The third-order valence-corrected chi connectivity index (χ3v) is 3.28. The van der Waals surface area contributed by atoms with Crippen LogP contribution in [0.1, 0.15) is 24.1 Å². The molecule has 2 atom stereocenters. The van der Waals surface area contributed by atoms with Crippen LogP contribution in [0.2, 0.25) is 5.02 Å². The van der Waals surface area contributed by atoms with Gasteiger partial charge in [0, 0.05) is 17.3 Å². The van der Waals surface area contributed by atoms with Crippen LogP contribution in [0.4, 0.5) is 13.2 Å². The van der Waals surface area contributed by atoms with Crippen LogP contribution in [-0.4, -0.2) is 15.8 Å². The third kappa shape index (κ3) is 2.96. The number of hydrogen-bond donors (Lipinski definition) is 1. The van der Waals surface area contributed by atoms with E-state index in [9.17, 15) is 13.2 Å². The molecule has 0 aliphatic heterocycles. The van der Waals surface area contributed by atoms with E-state index in [0.29, 0.717) is 10.6 Å². The lowest BCUT2D eigenvalue weighted by atomic mass is 10.0. The highest BCUT2D eigenvalue weighted by atomic mass is 35.5. The molecule has 2 unspecified atom stereocenters. The van der Waals surface area contributed by atoms with Crippen LogP contribution in [0.15, 0.2) is 36.7 Å². The lowest BCUT2D eigenvalue weighted by molar-refractivity contribution is -0.137. The molecule has 0 aliphatic rings. The van der Waals surface area contributed by atoms with Crippen LogP contribution in [0.5, 0.6) is 0 Å². The second kappa shape index (κ2) is 5.46. The van der Waals surface area contributed by atoms with Crippen molar-refractivity contribution < 1.29 is 13.2 Å². The van der Waals surface area contributed by atoms with Crippen molar-refractivity contribution in [3.05, 3.63) is 52.8 Å². The molecule has 108 valence electrons. The summed E-state index contributed by atoms with van der Waals surface area (Å²) >= 11 is 6.09. The van der Waals surface area contributed by atoms with Crippen molar-refractivity contribution >= 4 is 11.6 Å². The molecule has 0 aliphatic carbocycles. The van der Waals surface area contributed by atoms with E-state index in [1.54, 1.807) is 31.2 Å². The first-order chi connectivity index (χ1) is 9.30. The largest absolute Gasteiger partial charge is 0.419 e. The fourth-order valence-corrected chi connectivity index (χ4v) is 2.27. The Morgan fingerprint density at radius 1 is 1.30 bits per heavy atom. The minimum atomic E-state index is -4.43. The first kappa shape index (κ1) is 14.9. The highest BCUT2D eigenvalue weighted by molar-refractivity contribution is 6.31. The summed E-state index contributed by atoms with van der Waals surface area (Å²) in [6, 6.07) is 5.89. The van der Waals surface area contributed by atoms with Crippen LogP contribution < -0.4 is 5.73 Å². The molecule has 2 N–H and O–H groups in total. The zero-order valence-electron chi connectivity index (χ0n) is 10.6. The van der Waals surface area contributed by atoms with Gasteiger partial charge in [-0.3, -0.25) is 4.68 Å². The Balaban J connectivity index is 2.45. The summed E-state index contributed by atoms with van der Waals surface area (Å²) in [5.41, 5.74) is 5.72. The van der Waals surface area contributed by atoms with E-state index < -0.39 is 23.8 Å². The quantitative estimate of drug-likeness (QED) is 0.943. The zero-order chi connectivity index (χ0) is 14.9. The average Bonchev–Trinajstić information content (AvgIpc) is 2.80. The van der Waals surface area contributed by atoms with Crippen LogP contribution in [0.25, 0.3) is 0 Å². The number of aromatic nitrogens is 2. The SMILES string of the molecule is CC(N)C(c1ccccc1Cl)n1cc(C(F)(F)F)cn1. The molecule has 3 nitrogen and oxygen atoms in total. The third-order valence-electron chi connectivity index (χ3n) is 2.94. The van der Waals surface area contributed by atoms with E-state index in [0.717, 1.165) is 12.4 Å². The molecule has 2 aromatic rings. The van der Waals surface area contributed by atoms with Gasteiger partial charge in [0.1, 0.15) is 0 Å². The number of nitrogens with two attached hydrogens (primary N) is 1. The van der Waals surface area contributed by atoms with Crippen molar-refractivity contribution in [1.82, 2.24) is 9.78 Å².